The number of hydrogen-bond acceptors (Lipinski definition) is 0. The van der Waals surface area contributed by atoms with Gasteiger partial charge in [-0.1, -0.05) is 60.7 Å². The third kappa shape index (κ3) is 1.33. The Labute approximate surface area is 129 Å². The maximum absolute atomic E-state index is 2.29. The summed E-state index contributed by atoms with van der Waals surface area (Å²) in [6, 6.07) is 22.5. The molecule has 0 radical (unpaired) electrons. The Morgan fingerprint density at radius 2 is 0.773 bits per heavy atom. The molecule has 0 aliphatic carbocycles. The van der Waals surface area contributed by atoms with E-state index in [-0.39, 0.29) is 0 Å². The van der Waals surface area contributed by atoms with Crippen LogP contribution in [-0.2, 0) is 0 Å². The fraction of sp³-hybridized carbons (Fsp3) is 0.0909. The van der Waals surface area contributed by atoms with E-state index in [4.69, 9.17) is 0 Å². The molecule has 0 fully saturated rings. The van der Waals surface area contributed by atoms with E-state index in [2.05, 4.69) is 74.5 Å². The first-order chi connectivity index (χ1) is 10.8. The van der Waals surface area contributed by atoms with Gasteiger partial charge in [0.1, 0.15) is 0 Å². The second-order valence-electron chi connectivity index (χ2n) is 6.32. The lowest BCUT2D eigenvalue weighted by atomic mass is 9.87. The largest absolute Gasteiger partial charge is 0.0610 e. The van der Waals surface area contributed by atoms with Crippen LogP contribution >= 0.6 is 0 Å². The van der Waals surface area contributed by atoms with E-state index in [0.29, 0.717) is 0 Å². The van der Waals surface area contributed by atoms with Crippen LogP contribution in [0.4, 0.5) is 0 Å². The standard InChI is InChI=1S/C22H16/c1-13-9-11-19-20-12-10-14(2)16-6-4-8-18(22(16)20)17-7-3-5-15(13)21(17)19/h3-12H,1-2H3. The van der Waals surface area contributed by atoms with Gasteiger partial charge in [-0.2, -0.15) is 0 Å². The summed E-state index contributed by atoms with van der Waals surface area (Å²) in [5.74, 6) is 0. The van der Waals surface area contributed by atoms with Crippen molar-refractivity contribution in [2.75, 3.05) is 0 Å². The molecule has 0 saturated heterocycles. The highest BCUT2D eigenvalue weighted by Crippen LogP contribution is 2.41. The molecule has 5 aromatic carbocycles. The zero-order chi connectivity index (χ0) is 14.8. The first-order valence-electron chi connectivity index (χ1n) is 7.81. The zero-order valence-electron chi connectivity index (χ0n) is 12.8. The molecule has 0 unspecified atom stereocenters. The van der Waals surface area contributed by atoms with Crippen molar-refractivity contribution in [3.8, 4) is 0 Å². The van der Waals surface area contributed by atoms with Crippen LogP contribution < -0.4 is 0 Å². The van der Waals surface area contributed by atoms with Gasteiger partial charge in [-0.3, -0.25) is 0 Å². The van der Waals surface area contributed by atoms with E-state index < -0.39 is 0 Å². The van der Waals surface area contributed by atoms with Gasteiger partial charge in [0.2, 0.25) is 0 Å². The van der Waals surface area contributed by atoms with Gasteiger partial charge in [-0.25, -0.2) is 0 Å². The topological polar surface area (TPSA) is 0 Å². The first kappa shape index (κ1) is 12.0. The van der Waals surface area contributed by atoms with E-state index in [1.165, 1.54) is 54.2 Å². The minimum atomic E-state index is 1.35. The molecule has 104 valence electrons. The summed E-state index contributed by atoms with van der Waals surface area (Å²) in [5.41, 5.74) is 2.70. The highest BCUT2D eigenvalue weighted by molar-refractivity contribution is 6.33. The van der Waals surface area contributed by atoms with Crippen molar-refractivity contribution in [2.24, 2.45) is 0 Å². The molecular weight excluding hydrogens is 264 g/mol. The van der Waals surface area contributed by atoms with Gasteiger partial charge < -0.3 is 0 Å². The number of benzene rings is 5. The number of hydrogen-bond donors (Lipinski definition) is 0. The average Bonchev–Trinajstić information content (AvgIpc) is 2.56. The molecular formula is C22H16. The lowest BCUT2D eigenvalue weighted by Gasteiger charge is -2.16. The lowest BCUT2D eigenvalue weighted by molar-refractivity contribution is 1.54. The van der Waals surface area contributed by atoms with Crippen LogP contribution in [0.5, 0.6) is 0 Å². The highest BCUT2D eigenvalue weighted by Gasteiger charge is 2.13. The first-order valence-corrected chi connectivity index (χ1v) is 7.81. The average molecular weight is 280 g/mol. The monoisotopic (exact) mass is 280 g/mol. The van der Waals surface area contributed by atoms with Crippen LogP contribution in [-0.4, -0.2) is 0 Å². The summed E-state index contributed by atoms with van der Waals surface area (Å²) in [6.07, 6.45) is 0. The van der Waals surface area contributed by atoms with Crippen molar-refractivity contribution in [3.05, 3.63) is 71.8 Å². The van der Waals surface area contributed by atoms with Crippen LogP contribution in [0.15, 0.2) is 60.7 Å². The molecule has 0 atom stereocenters. The number of fused-ring (bicyclic) bond motifs is 2. The molecule has 0 aliphatic rings. The molecule has 5 rings (SSSR count). The second kappa shape index (κ2) is 3.98. The summed E-state index contributed by atoms with van der Waals surface area (Å²) >= 11 is 0. The van der Waals surface area contributed by atoms with Crippen molar-refractivity contribution in [1.29, 1.82) is 0 Å². The quantitative estimate of drug-likeness (QED) is 0.229. The Bertz CT molecular complexity index is 1060. The molecule has 0 N–H and O–H groups in total. The van der Waals surface area contributed by atoms with Gasteiger partial charge in [0.15, 0.2) is 0 Å². The molecule has 0 bridgehead atoms. The Kier molecular flexibility index (Phi) is 2.17. The van der Waals surface area contributed by atoms with Crippen molar-refractivity contribution < 1.29 is 0 Å². The summed E-state index contributed by atoms with van der Waals surface area (Å²) in [7, 11) is 0. The van der Waals surface area contributed by atoms with Crippen molar-refractivity contribution in [2.45, 2.75) is 13.8 Å². The van der Waals surface area contributed by atoms with Gasteiger partial charge in [-0.15, -0.1) is 0 Å². The molecule has 0 nitrogen and oxygen atoms in total. The van der Waals surface area contributed by atoms with Crippen LogP contribution in [0.1, 0.15) is 11.1 Å². The predicted molar refractivity (Wildman–Crippen MR) is 97.1 cm³/mol. The molecule has 0 spiro atoms. The zero-order valence-corrected chi connectivity index (χ0v) is 12.8. The Balaban J connectivity index is 2.28. The maximum Gasteiger partial charge on any atom is -0.00237 e. The SMILES string of the molecule is Cc1ccc2c3ccc(C)c4cccc(c5cccc1c52)c43. The molecule has 0 saturated carbocycles. The Morgan fingerprint density at radius 1 is 0.409 bits per heavy atom. The van der Waals surface area contributed by atoms with Crippen LogP contribution in [0.25, 0.3) is 43.1 Å². The van der Waals surface area contributed by atoms with Crippen molar-refractivity contribution in [1.82, 2.24) is 0 Å². The molecule has 0 aliphatic heterocycles. The molecule has 22 heavy (non-hydrogen) atoms. The van der Waals surface area contributed by atoms with E-state index in [0.717, 1.165) is 0 Å². The molecule has 5 aromatic rings. The number of aryl methyl sites for hydroxylation is 2. The third-order valence-electron chi connectivity index (χ3n) is 5.10. The van der Waals surface area contributed by atoms with E-state index in [1.54, 1.807) is 0 Å². The fourth-order valence-electron chi connectivity index (χ4n) is 4.00. The summed E-state index contributed by atoms with van der Waals surface area (Å²) in [4.78, 5) is 0. The Hall–Kier alpha value is -2.60. The van der Waals surface area contributed by atoms with Gasteiger partial charge in [0, 0.05) is 0 Å². The molecule has 0 heteroatoms. The van der Waals surface area contributed by atoms with Gasteiger partial charge in [0.05, 0.1) is 0 Å². The smallest absolute Gasteiger partial charge is 0.00237 e. The summed E-state index contributed by atoms with van der Waals surface area (Å²) in [6.45, 7) is 4.41. The minimum Gasteiger partial charge on any atom is -0.0610 e. The molecule has 0 heterocycles. The van der Waals surface area contributed by atoms with Crippen LogP contribution in [0.2, 0.25) is 0 Å². The third-order valence-corrected chi connectivity index (χ3v) is 5.10. The number of rotatable bonds is 0. The van der Waals surface area contributed by atoms with Gasteiger partial charge in [0.25, 0.3) is 0 Å². The van der Waals surface area contributed by atoms with Crippen LogP contribution in [0, 0.1) is 13.8 Å². The van der Waals surface area contributed by atoms with E-state index >= 15 is 0 Å². The Morgan fingerprint density at radius 3 is 1.23 bits per heavy atom. The second-order valence-corrected chi connectivity index (χ2v) is 6.32. The van der Waals surface area contributed by atoms with Crippen LogP contribution in [0.3, 0.4) is 0 Å². The highest BCUT2D eigenvalue weighted by atomic mass is 14.2. The van der Waals surface area contributed by atoms with E-state index in [9.17, 15) is 0 Å². The summed E-state index contributed by atoms with van der Waals surface area (Å²) < 4.78 is 0. The van der Waals surface area contributed by atoms with Gasteiger partial charge >= 0.3 is 0 Å². The fourth-order valence-corrected chi connectivity index (χ4v) is 4.00. The van der Waals surface area contributed by atoms with Gasteiger partial charge in [-0.05, 0) is 68.1 Å². The van der Waals surface area contributed by atoms with E-state index in [1.807, 2.05) is 0 Å². The van der Waals surface area contributed by atoms with Crippen molar-refractivity contribution in [3.63, 3.8) is 0 Å². The normalized spacial score (nSPS) is 12.1. The lowest BCUT2D eigenvalue weighted by Crippen LogP contribution is -1.89. The maximum atomic E-state index is 2.29. The summed E-state index contributed by atoms with van der Waals surface area (Å²) in [5, 5.41) is 11.1. The molecule has 0 aromatic heterocycles. The molecule has 0 amide bonds. The minimum absolute atomic E-state index is 1.35. The predicted octanol–water partition coefficient (Wildman–Crippen LogP) is 6.35. The van der Waals surface area contributed by atoms with Crippen molar-refractivity contribution >= 4 is 43.1 Å².